The van der Waals surface area contributed by atoms with Gasteiger partial charge in [0, 0.05) is 6.08 Å². The molecule has 0 aliphatic heterocycles. The minimum atomic E-state index is -0.361. The molecule has 0 amide bonds. The predicted molar refractivity (Wildman–Crippen MR) is 72.5 cm³/mol. The second-order valence-electron chi connectivity index (χ2n) is 3.92. The van der Waals surface area contributed by atoms with Crippen molar-refractivity contribution >= 4 is 11.5 Å². The van der Waals surface area contributed by atoms with Crippen molar-refractivity contribution in [1.82, 2.24) is 0 Å². The zero-order valence-corrected chi connectivity index (χ0v) is 11.2. The highest BCUT2D eigenvalue weighted by Gasteiger charge is 2.01. The van der Waals surface area contributed by atoms with Crippen LogP contribution in [0.5, 0.6) is 5.75 Å². The van der Waals surface area contributed by atoms with E-state index < -0.39 is 0 Å². The molecular formula is C15H18O3. The molecule has 1 rings (SSSR count). The van der Waals surface area contributed by atoms with Crippen LogP contribution in [0.3, 0.4) is 0 Å². The number of esters is 1. The Morgan fingerprint density at radius 2 is 2.00 bits per heavy atom. The summed E-state index contributed by atoms with van der Waals surface area (Å²) in [6.45, 7) is 3.98. The molecule has 3 heteroatoms. The first-order valence-corrected chi connectivity index (χ1v) is 5.66. The van der Waals surface area contributed by atoms with Crippen molar-refractivity contribution in [2.75, 3.05) is 14.2 Å². The van der Waals surface area contributed by atoms with Gasteiger partial charge in [-0.15, -0.1) is 0 Å². The van der Waals surface area contributed by atoms with Gasteiger partial charge in [-0.2, -0.15) is 0 Å². The topological polar surface area (TPSA) is 35.5 Å². The molecule has 0 spiro atoms. The highest BCUT2D eigenvalue weighted by atomic mass is 16.5. The van der Waals surface area contributed by atoms with Crippen molar-refractivity contribution in [2.45, 2.75) is 13.8 Å². The molecule has 3 nitrogen and oxygen atoms in total. The van der Waals surface area contributed by atoms with E-state index in [-0.39, 0.29) is 5.97 Å². The van der Waals surface area contributed by atoms with Crippen molar-refractivity contribution in [3.05, 3.63) is 47.6 Å². The maximum absolute atomic E-state index is 10.9. The van der Waals surface area contributed by atoms with Crippen molar-refractivity contribution < 1.29 is 14.3 Å². The van der Waals surface area contributed by atoms with Crippen molar-refractivity contribution in [3.63, 3.8) is 0 Å². The van der Waals surface area contributed by atoms with Crippen LogP contribution in [0.2, 0.25) is 0 Å². The molecule has 0 bridgehead atoms. The molecular weight excluding hydrogens is 228 g/mol. The van der Waals surface area contributed by atoms with Crippen LogP contribution >= 0.6 is 0 Å². The van der Waals surface area contributed by atoms with Gasteiger partial charge >= 0.3 is 5.97 Å². The van der Waals surface area contributed by atoms with E-state index in [0.717, 1.165) is 22.4 Å². The van der Waals surface area contributed by atoms with Crippen LogP contribution in [0, 0.1) is 6.92 Å². The Bertz CT molecular complexity index is 485. The number of rotatable bonds is 4. The molecule has 0 heterocycles. The third kappa shape index (κ3) is 3.77. The Morgan fingerprint density at radius 3 is 2.61 bits per heavy atom. The Balaban J connectivity index is 2.90. The van der Waals surface area contributed by atoms with Gasteiger partial charge in [0.05, 0.1) is 14.2 Å². The Hall–Kier alpha value is -2.03. The van der Waals surface area contributed by atoms with Crippen LogP contribution in [0.15, 0.2) is 36.4 Å². The van der Waals surface area contributed by atoms with Crippen LogP contribution in [-0.2, 0) is 9.53 Å². The molecule has 0 unspecified atom stereocenters. The normalized spacial score (nSPS) is 11.7. The summed E-state index contributed by atoms with van der Waals surface area (Å²) in [6.07, 6.45) is 4.92. The fraction of sp³-hybridized carbons (Fsp3) is 0.267. The summed E-state index contributed by atoms with van der Waals surface area (Å²) in [5.41, 5.74) is 3.21. The van der Waals surface area contributed by atoms with Gasteiger partial charge in [-0.25, -0.2) is 4.79 Å². The molecule has 0 aliphatic carbocycles. The molecule has 96 valence electrons. The van der Waals surface area contributed by atoms with Crippen molar-refractivity contribution in [3.8, 4) is 5.75 Å². The molecule has 1 aromatic rings. The second kappa shape index (κ2) is 6.64. The molecule has 0 saturated carbocycles. The van der Waals surface area contributed by atoms with E-state index in [9.17, 15) is 4.79 Å². The van der Waals surface area contributed by atoms with E-state index >= 15 is 0 Å². The quantitative estimate of drug-likeness (QED) is 0.465. The lowest BCUT2D eigenvalue weighted by Crippen LogP contribution is -1.93. The van der Waals surface area contributed by atoms with Gasteiger partial charge in [0.15, 0.2) is 0 Å². The standard InChI is InChI=1S/C15H18O3/c1-11(6-5-7-15(16)18-4)13-9-8-12(2)14(10-13)17-3/h5-10H,1-4H3/b7-5+,11-6+. The molecule has 0 saturated heterocycles. The zero-order chi connectivity index (χ0) is 13.5. The minimum absolute atomic E-state index is 0.361. The molecule has 0 fully saturated rings. The smallest absolute Gasteiger partial charge is 0.330 e. The number of allylic oxidation sites excluding steroid dienone is 3. The molecule has 0 aromatic heterocycles. The SMILES string of the molecule is COC(=O)/C=C/C=C(\C)c1ccc(C)c(OC)c1. The fourth-order valence-corrected chi connectivity index (χ4v) is 1.50. The highest BCUT2D eigenvalue weighted by Crippen LogP contribution is 2.23. The first kappa shape index (κ1) is 14.0. The zero-order valence-electron chi connectivity index (χ0n) is 11.2. The van der Waals surface area contributed by atoms with E-state index in [1.807, 2.05) is 38.1 Å². The molecule has 0 atom stereocenters. The summed E-state index contributed by atoms with van der Waals surface area (Å²) in [6, 6.07) is 6.01. The number of aryl methyl sites for hydroxylation is 1. The van der Waals surface area contributed by atoms with Crippen LogP contribution < -0.4 is 4.74 Å². The summed E-state index contributed by atoms with van der Waals surface area (Å²) in [4.78, 5) is 10.9. The van der Waals surface area contributed by atoms with Gasteiger partial charge in [-0.05, 0) is 36.6 Å². The summed E-state index contributed by atoms with van der Waals surface area (Å²) in [7, 11) is 3.01. The van der Waals surface area contributed by atoms with E-state index in [4.69, 9.17) is 4.74 Å². The van der Waals surface area contributed by atoms with Crippen molar-refractivity contribution in [2.24, 2.45) is 0 Å². The summed E-state index contributed by atoms with van der Waals surface area (Å²) < 4.78 is 9.79. The van der Waals surface area contributed by atoms with Crippen molar-refractivity contribution in [1.29, 1.82) is 0 Å². The first-order valence-electron chi connectivity index (χ1n) is 5.66. The average Bonchev–Trinajstić information content (AvgIpc) is 2.38. The Morgan fingerprint density at radius 1 is 1.28 bits per heavy atom. The van der Waals surface area contributed by atoms with E-state index in [1.165, 1.54) is 13.2 Å². The predicted octanol–water partition coefficient (Wildman–Crippen LogP) is 3.14. The Kier molecular flexibility index (Phi) is 5.18. The van der Waals surface area contributed by atoms with Crippen LogP contribution in [0.4, 0.5) is 0 Å². The third-order valence-corrected chi connectivity index (χ3v) is 2.64. The lowest BCUT2D eigenvalue weighted by atomic mass is 10.0. The fourth-order valence-electron chi connectivity index (χ4n) is 1.50. The van der Waals surface area contributed by atoms with Crippen LogP contribution in [0.25, 0.3) is 5.57 Å². The molecule has 0 radical (unpaired) electrons. The van der Waals surface area contributed by atoms with Crippen LogP contribution in [-0.4, -0.2) is 20.2 Å². The number of hydrogen-bond acceptors (Lipinski definition) is 3. The van der Waals surface area contributed by atoms with Gasteiger partial charge in [-0.3, -0.25) is 0 Å². The number of hydrogen-bond donors (Lipinski definition) is 0. The maximum Gasteiger partial charge on any atom is 0.330 e. The number of carbonyl (C=O) groups excluding carboxylic acids is 1. The summed E-state index contributed by atoms with van der Waals surface area (Å²) >= 11 is 0. The summed E-state index contributed by atoms with van der Waals surface area (Å²) in [5, 5.41) is 0. The van der Waals surface area contributed by atoms with E-state index in [1.54, 1.807) is 13.2 Å². The maximum atomic E-state index is 10.9. The number of methoxy groups -OCH3 is 2. The lowest BCUT2D eigenvalue weighted by molar-refractivity contribution is -0.134. The van der Waals surface area contributed by atoms with Gasteiger partial charge in [0.1, 0.15) is 5.75 Å². The van der Waals surface area contributed by atoms with Crippen LogP contribution in [0.1, 0.15) is 18.1 Å². The summed E-state index contributed by atoms with van der Waals surface area (Å²) in [5.74, 6) is 0.498. The van der Waals surface area contributed by atoms with E-state index in [0.29, 0.717) is 0 Å². The first-order chi connectivity index (χ1) is 8.58. The number of ether oxygens (including phenoxy) is 2. The Labute approximate surface area is 108 Å². The average molecular weight is 246 g/mol. The molecule has 1 aromatic carbocycles. The van der Waals surface area contributed by atoms with Gasteiger partial charge in [0.25, 0.3) is 0 Å². The van der Waals surface area contributed by atoms with Gasteiger partial charge in [0.2, 0.25) is 0 Å². The minimum Gasteiger partial charge on any atom is -0.496 e. The van der Waals surface area contributed by atoms with E-state index in [2.05, 4.69) is 4.74 Å². The van der Waals surface area contributed by atoms with Gasteiger partial charge < -0.3 is 9.47 Å². The second-order valence-corrected chi connectivity index (χ2v) is 3.92. The molecule has 0 aliphatic rings. The number of carbonyl (C=O) groups is 1. The molecule has 0 N–H and O–H groups in total. The third-order valence-electron chi connectivity index (χ3n) is 2.64. The lowest BCUT2D eigenvalue weighted by Gasteiger charge is -2.07. The number of benzene rings is 1. The van der Waals surface area contributed by atoms with Gasteiger partial charge in [-0.1, -0.05) is 24.3 Å². The monoisotopic (exact) mass is 246 g/mol. The highest BCUT2D eigenvalue weighted by molar-refractivity contribution is 5.82. The molecule has 18 heavy (non-hydrogen) atoms. The largest absolute Gasteiger partial charge is 0.496 e.